The zero-order valence-electron chi connectivity index (χ0n) is 17.7. The molecule has 8 nitrogen and oxygen atoms in total. The first-order chi connectivity index (χ1) is 14.9. The molecule has 2 fully saturated rings. The summed E-state index contributed by atoms with van der Waals surface area (Å²) < 4.78 is 37.8. The molecule has 2 aliphatic rings. The average molecular weight is 466 g/mol. The van der Waals surface area contributed by atoms with Crippen molar-refractivity contribution in [3.63, 3.8) is 0 Å². The van der Waals surface area contributed by atoms with E-state index in [1.807, 2.05) is 0 Å². The number of ether oxygens (including phenoxy) is 1. The number of rotatable bonds is 5. The van der Waals surface area contributed by atoms with Gasteiger partial charge in [-0.3, -0.25) is 9.29 Å². The van der Waals surface area contributed by atoms with Crippen molar-refractivity contribution in [3.8, 4) is 5.75 Å². The summed E-state index contributed by atoms with van der Waals surface area (Å²) in [4.78, 5) is 21.5. The van der Waals surface area contributed by atoms with E-state index in [1.165, 1.54) is 23.5 Å². The predicted molar refractivity (Wildman–Crippen MR) is 121 cm³/mol. The van der Waals surface area contributed by atoms with E-state index < -0.39 is 16.0 Å². The van der Waals surface area contributed by atoms with Crippen LogP contribution in [0.15, 0.2) is 18.3 Å². The first-order valence-corrected chi connectivity index (χ1v) is 13.0. The standard InChI is InChI=1S/C21H27N3O5S2/c1-14-7-9-15(10-8-14)30-29-19-17-16(6-5-11-22-17)20(23-18(19)21(25)28-2)24-12-3-4-13-31(24,26)27/h5-6,11,14-15H,3-4,7-10,12-13H2,1-2H3. The molecule has 0 amide bonds. The molecule has 1 saturated heterocycles. The molecule has 0 aromatic carbocycles. The molecule has 2 aromatic heterocycles. The third-order valence-electron chi connectivity index (χ3n) is 5.89. The van der Waals surface area contributed by atoms with Gasteiger partial charge in [0.2, 0.25) is 10.0 Å². The van der Waals surface area contributed by atoms with Crippen LogP contribution in [-0.4, -0.2) is 49.0 Å². The van der Waals surface area contributed by atoms with Gasteiger partial charge in [0, 0.05) is 23.4 Å². The van der Waals surface area contributed by atoms with Crippen LogP contribution in [0, 0.1) is 5.92 Å². The number of fused-ring (bicyclic) bond motifs is 1. The van der Waals surface area contributed by atoms with Gasteiger partial charge in [-0.1, -0.05) is 6.92 Å². The summed E-state index contributed by atoms with van der Waals surface area (Å²) in [5, 5.41) is 0.858. The number of nitrogens with zero attached hydrogens (tertiary/aromatic N) is 3. The van der Waals surface area contributed by atoms with Crippen LogP contribution < -0.4 is 8.49 Å². The summed E-state index contributed by atoms with van der Waals surface area (Å²) in [6.07, 6.45) is 7.31. The number of esters is 1. The molecule has 168 valence electrons. The number of aromatic nitrogens is 2. The summed E-state index contributed by atoms with van der Waals surface area (Å²) in [7, 11) is -2.25. The molecule has 31 heavy (non-hydrogen) atoms. The van der Waals surface area contributed by atoms with E-state index in [-0.39, 0.29) is 23.0 Å². The Hall–Kier alpha value is -2.07. The maximum atomic E-state index is 12.7. The highest BCUT2D eigenvalue weighted by Gasteiger charge is 2.32. The van der Waals surface area contributed by atoms with Gasteiger partial charge in [0.15, 0.2) is 17.3 Å². The maximum absolute atomic E-state index is 12.7. The van der Waals surface area contributed by atoms with Crippen molar-refractivity contribution in [1.82, 2.24) is 9.97 Å². The van der Waals surface area contributed by atoms with Crippen molar-refractivity contribution in [2.75, 3.05) is 23.7 Å². The highest BCUT2D eigenvalue weighted by Crippen LogP contribution is 2.39. The van der Waals surface area contributed by atoms with Gasteiger partial charge in [-0.15, -0.1) is 0 Å². The zero-order valence-corrected chi connectivity index (χ0v) is 19.4. The SMILES string of the molecule is COC(=O)c1nc(N2CCCCS2(=O)=O)c2cccnc2c1OSC1CCC(C)CC1. The second kappa shape index (κ2) is 9.20. The van der Waals surface area contributed by atoms with Gasteiger partial charge in [-0.25, -0.2) is 18.2 Å². The lowest BCUT2D eigenvalue weighted by Gasteiger charge is -2.29. The summed E-state index contributed by atoms with van der Waals surface area (Å²) in [5.41, 5.74) is 0.353. The lowest BCUT2D eigenvalue weighted by atomic mass is 9.91. The Morgan fingerprint density at radius 3 is 2.71 bits per heavy atom. The molecule has 4 rings (SSSR count). The number of pyridine rings is 2. The Kier molecular flexibility index (Phi) is 6.57. The van der Waals surface area contributed by atoms with Gasteiger partial charge in [0.25, 0.3) is 0 Å². The van der Waals surface area contributed by atoms with E-state index in [9.17, 15) is 13.2 Å². The first kappa shape index (κ1) is 22.1. The molecule has 1 saturated carbocycles. The molecule has 3 heterocycles. The van der Waals surface area contributed by atoms with E-state index in [4.69, 9.17) is 8.92 Å². The average Bonchev–Trinajstić information content (AvgIpc) is 2.77. The number of carbonyl (C=O) groups excluding carboxylic acids is 1. The van der Waals surface area contributed by atoms with Crippen molar-refractivity contribution in [2.24, 2.45) is 5.92 Å². The minimum atomic E-state index is -3.52. The number of anilines is 1. The van der Waals surface area contributed by atoms with Crippen LogP contribution in [0.1, 0.15) is 55.9 Å². The Morgan fingerprint density at radius 1 is 1.23 bits per heavy atom. The quantitative estimate of drug-likeness (QED) is 0.483. The number of carbonyl (C=O) groups is 1. The molecule has 0 bridgehead atoms. The van der Waals surface area contributed by atoms with Crippen LogP contribution in [0.5, 0.6) is 5.75 Å². The Balaban J connectivity index is 1.77. The highest BCUT2D eigenvalue weighted by atomic mass is 32.2. The van der Waals surface area contributed by atoms with Gasteiger partial charge in [-0.2, -0.15) is 0 Å². The number of hydrogen-bond acceptors (Lipinski definition) is 8. The van der Waals surface area contributed by atoms with Crippen LogP contribution in [0.4, 0.5) is 5.82 Å². The van der Waals surface area contributed by atoms with E-state index in [0.717, 1.165) is 38.0 Å². The zero-order chi connectivity index (χ0) is 22.0. The molecule has 1 aliphatic carbocycles. The van der Waals surface area contributed by atoms with E-state index in [0.29, 0.717) is 29.1 Å². The summed E-state index contributed by atoms with van der Waals surface area (Å²) >= 11 is 1.33. The van der Waals surface area contributed by atoms with Gasteiger partial charge < -0.3 is 8.92 Å². The smallest absolute Gasteiger partial charge is 0.360 e. The molecule has 0 atom stereocenters. The molecular weight excluding hydrogens is 438 g/mol. The summed E-state index contributed by atoms with van der Waals surface area (Å²) in [5.74, 6) is 0.517. The third kappa shape index (κ3) is 4.59. The van der Waals surface area contributed by atoms with Crippen LogP contribution in [-0.2, 0) is 14.8 Å². The van der Waals surface area contributed by atoms with E-state index in [1.54, 1.807) is 18.3 Å². The minimum absolute atomic E-state index is 0.0538. The Bertz CT molecular complexity index is 1070. The fourth-order valence-corrected chi connectivity index (χ4v) is 6.52. The molecule has 0 N–H and O–H groups in total. The van der Waals surface area contributed by atoms with Gasteiger partial charge in [0.1, 0.15) is 5.52 Å². The van der Waals surface area contributed by atoms with Crippen molar-refractivity contribution >= 4 is 44.8 Å². The second-order valence-corrected chi connectivity index (χ2v) is 11.2. The molecule has 0 unspecified atom stereocenters. The lowest BCUT2D eigenvalue weighted by Crippen LogP contribution is -2.38. The second-order valence-electron chi connectivity index (χ2n) is 8.16. The molecule has 10 heteroatoms. The van der Waals surface area contributed by atoms with Crippen LogP contribution in [0.2, 0.25) is 0 Å². The molecule has 0 spiro atoms. The van der Waals surface area contributed by atoms with Crippen molar-refractivity contribution < 1.29 is 22.1 Å². The van der Waals surface area contributed by atoms with Crippen LogP contribution in [0.3, 0.4) is 0 Å². The molecule has 0 radical (unpaired) electrons. The largest absolute Gasteiger partial charge is 0.464 e. The summed E-state index contributed by atoms with van der Waals surface area (Å²) in [6.45, 7) is 2.57. The Labute approximate surface area is 187 Å². The molecule has 1 aliphatic heterocycles. The lowest BCUT2D eigenvalue weighted by molar-refractivity contribution is 0.0592. The number of sulfonamides is 1. The van der Waals surface area contributed by atoms with Gasteiger partial charge >= 0.3 is 5.97 Å². The maximum Gasteiger partial charge on any atom is 0.360 e. The van der Waals surface area contributed by atoms with Crippen LogP contribution >= 0.6 is 12.0 Å². The van der Waals surface area contributed by atoms with Gasteiger partial charge in [0.05, 0.1) is 24.9 Å². The molecule has 2 aromatic rings. The summed E-state index contributed by atoms with van der Waals surface area (Å²) in [6, 6.07) is 3.48. The number of hydrogen-bond donors (Lipinski definition) is 0. The fourth-order valence-electron chi connectivity index (χ4n) is 4.07. The molecular formula is C21H27N3O5S2. The highest BCUT2D eigenvalue weighted by molar-refractivity contribution is 7.95. The topological polar surface area (TPSA) is 98.7 Å². The van der Waals surface area contributed by atoms with Crippen molar-refractivity contribution in [1.29, 1.82) is 0 Å². The third-order valence-corrected chi connectivity index (χ3v) is 8.73. The van der Waals surface area contributed by atoms with Crippen molar-refractivity contribution in [2.45, 2.75) is 50.7 Å². The van der Waals surface area contributed by atoms with E-state index in [2.05, 4.69) is 16.9 Å². The first-order valence-electron chi connectivity index (χ1n) is 10.6. The monoisotopic (exact) mass is 465 g/mol. The minimum Gasteiger partial charge on any atom is -0.464 e. The van der Waals surface area contributed by atoms with Crippen molar-refractivity contribution in [3.05, 3.63) is 24.0 Å². The number of methoxy groups -OCH3 is 1. The Morgan fingerprint density at radius 2 is 2.00 bits per heavy atom. The predicted octanol–water partition coefficient (Wildman–Crippen LogP) is 3.95. The fraction of sp³-hybridized carbons (Fsp3) is 0.571. The normalized spacial score (nSPS) is 23.5. The van der Waals surface area contributed by atoms with E-state index >= 15 is 0 Å². The van der Waals surface area contributed by atoms with Gasteiger partial charge in [-0.05, 0) is 56.6 Å². The van der Waals surface area contributed by atoms with Crippen LogP contribution in [0.25, 0.3) is 10.9 Å².